The maximum atomic E-state index is 12.6. The van der Waals surface area contributed by atoms with E-state index < -0.39 is 18.0 Å². The van der Waals surface area contributed by atoms with Crippen LogP contribution >= 0.6 is 11.3 Å². The number of amides is 1. The molecule has 0 saturated carbocycles. The number of benzene rings is 3. The average molecular weight is 417 g/mol. The molecule has 0 saturated heterocycles. The van der Waals surface area contributed by atoms with Gasteiger partial charge in [0, 0.05) is 22.0 Å². The molecule has 1 amide bonds. The zero-order valence-electron chi connectivity index (χ0n) is 16.6. The maximum Gasteiger partial charge on any atom is 0.358 e. The van der Waals surface area contributed by atoms with Gasteiger partial charge in [-0.2, -0.15) is 0 Å². The smallest absolute Gasteiger partial charge is 0.358 e. The molecular formula is C24H20N2O3S. The summed E-state index contributed by atoms with van der Waals surface area (Å²) in [6.45, 7) is 3.56. The highest BCUT2D eigenvalue weighted by atomic mass is 32.1. The Bertz CT molecular complexity index is 1210. The van der Waals surface area contributed by atoms with Gasteiger partial charge >= 0.3 is 5.97 Å². The van der Waals surface area contributed by atoms with E-state index in [2.05, 4.69) is 10.3 Å². The number of thiazole rings is 1. The molecule has 1 aromatic heterocycles. The maximum absolute atomic E-state index is 12.6. The minimum absolute atomic E-state index is 0.195. The standard InChI is InChI=1S/C24H20N2O3S/c1-15-10-12-18(13-11-15)23-26-21(14-30-23)24(28)29-16(2)22(27)25-20-9-5-7-17-6-3-4-8-19(17)20/h3-14,16H,1-2H3,(H,25,27). The molecule has 0 radical (unpaired) electrons. The first kappa shape index (κ1) is 19.8. The van der Waals surface area contributed by atoms with Crippen molar-refractivity contribution in [2.24, 2.45) is 0 Å². The Morgan fingerprint density at radius 3 is 2.53 bits per heavy atom. The van der Waals surface area contributed by atoms with Gasteiger partial charge in [0.25, 0.3) is 5.91 Å². The van der Waals surface area contributed by atoms with Crippen molar-refractivity contribution in [2.75, 3.05) is 5.32 Å². The molecule has 0 aliphatic heterocycles. The lowest BCUT2D eigenvalue weighted by atomic mass is 10.1. The third-order valence-corrected chi connectivity index (χ3v) is 5.60. The number of aryl methyl sites for hydroxylation is 1. The fourth-order valence-corrected chi connectivity index (χ4v) is 3.83. The first-order valence-electron chi connectivity index (χ1n) is 9.53. The van der Waals surface area contributed by atoms with Gasteiger partial charge in [0.1, 0.15) is 5.01 Å². The Balaban J connectivity index is 1.43. The van der Waals surface area contributed by atoms with Crippen molar-refractivity contribution in [3.05, 3.63) is 83.4 Å². The monoisotopic (exact) mass is 416 g/mol. The molecule has 150 valence electrons. The van der Waals surface area contributed by atoms with Crippen molar-refractivity contribution < 1.29 is 14.3 Å². The van der Waals surface area contributed by atoms with Gasteiger partial charge in [0.05, 0.1) is 0 Å². The molecule has 4 rings (SSSR count). The van der Waals surface area contributed by atoms with Crippen LogP contribution in [0.3, 0.4) is 0 Å². The van der Waals surface area contributed by atoms with Crippen LogP contribution in [-0.2, 0) is 9.53 Å². The van der Waals surface area contributed by atoms with Gasteiger partial charge in [-0.3, -0.25) is 4.79 Å². The number of nitrogens with one attached hydrogen (secondary N) is 1. The number of fused-ring (bicyclic) bond motifs is 1. The number of carbonyl (C=O) groups is 2. The van der Waals surface area contributed by atoms with E-state index in [9.17, 15) is 9.59 Å². The number of anilines is 1. The van der Waals surface area contributed by atoms with Gasteiger partial charge in [0.15, 0.2) is 11.8 Å². The summed E-state index contributed by atoms with van der Waals surface area (Å²) in [4.78, 5) is 29.4. The number of esters is 1. The zero-order chi connectivity index (χ0) is 21.1. The molecular weight excluding hydrogens is 396 g/mol. The summed E-state index contributed by atoms with van der Waals surface area (Å²) in [6.07, 6.45) is -0.957. The molecule has 30 heavy (non-hydrogen) atoms. The molecule has 0 aliphatic rings. The van der Waals surface area contributed by atoms with E-state index in [0.717, 1.165) is 26.9 Å². The van der Waals surface area contributed by atoms with Crippen LogP contribution in [0.25, 0.3) is 21.3 Å². The van der Waals surface area contributed by atoms with Crippen LogP contribution in [-0.4, -0.2) is 23.0 Å². The summed E-state index contributed by atoms with van der Waals surface area (Å²) in [5, 5.41) is 7.17. The van der Waals surface area contributed by atoms with E-state index >= 15 is 0 Å². The normalized spacial score (nSPS) is 11.8. The van der Waals surface area contributed by atoms with Crippen LogP contribution in [0.2, 0.25) is 0 Å². The van der Waals surface area contributed by atoms with Crippen molar-refractivity contribution in [2.45, 2.75) is 20.0 Å². The number of hydrogen-bond donors (Lipinski definition) is 1. The number of rotatable bonds is 5. The summed E-state index contributed by atoms with van der Waals surface area (Å²) in [5.41, 5.74) is 2.96. The fourth-order valence-electron chi connectivity index (χ4n) is 3.04. The van der Waals surface area contributed by atoms with Crippen LogP contribution < -0.4 is 5.32 Å². The lowest BCUT2D eigenvalue weighted by Crippen LogP contribution is -2.30. The fraction of sp³-hybridized carbons (Fsp3) is 0.125. The second-order valence-electron chi connectivity index (χ2n) is 6.97. The van der Waals surface area contributed by atoms with Crippen LogP contribution in [0.1, 0.15) is 23.0 Å². The second kappa shape index (κ2) is 8.47. The number of nitrogens with zero attached hydrogens (tertiary/aromatic N) is 1. The van der Waals surface area contributed by atoms with Gasteiger partial charge in [0.2, 0.25) is 0 Å². The number of ether oxygens (including phenoxy) is 1. The molecule has 0 bridgehead atoms. The molecule has 1 heterocycles. The first-order chi connectivity index (χ1) is 14.5. The van der Waals surface area contributed by atoms with Crippen LogP contribution in [0.4, 0.5) is 5.69 Å². The molecule has 1 N–H and O–H groups in total. The summed E-state index contributed by atoms with van der Waals surface area (Å²) in [6, 6.07) is 21.3. The van der Waals surface area contributed by atoms with Gasteiger partial charge in [-0.1, -0.05) is 66.2 Å². The molecule has 1 atom stereocenters. The number of hydrogen-bond acceptors (Lipinski definition) is 5. The topological polar surface area (TPSA) is 68.3 Å². The summed E-state index contributed by atoms with van der Waals surface area (Å²) >= 11 is 1.36. The van der Waals surface area contributed by atoms with Crippen molar-refractivity contribution in [3.8, 4) is 10.6 Å². The second-order valence-corrected chi connectivity index (χ2v) is 7.83. The highest BCUT2D eigenvalue weighted by molar-refractivity contribution is 7.13. The third-order valence-electron chi connectivity index (χ3n) is 4.71. The van der Waals surface area contributed by atoms with E-state index in [-0.39, 0.29) is 5.69 Å². The van der Waals surface area contributed by atoms with Gasteiger partial charge in [-0.25, -0.2) is 9.78 Å². The first-order valence-corrected chi connectivity index (χ1v) is 10.4. The van der Waals surface area contributed by atoms with E-state index in [1.165, 1.54) is 11.3 Å². The lowest BCUT2D eigenvalue weighted by molar-refractivity contribution is -0.123. The Hall–Kier alpha value is -3.51. The van der Waals surface area contributed by atoms with Crippen molar-refractivity contribution in [1.82, 2.24) is 4.98 Å². The highest BCUT2D eigenvalue weighted by Crippen LogP contribution is 2.25. The predicted octanol–water partition coefficient (Wildman–Crippen LogP) is 5.46. The lowest BCUT2D eigenvalue weighted by Gasteiger charge is -2.14. The Kier molecular flexibility index (Phi) is 5.59. The number of carbonyl (C=O) groups excluding carboxylic acids is 2. The largest absolute Gasteiger partial charge is 0.448 e. The summed E-state index contributed by atoms with van der Waals surface area (Å²) in [7, 11) is 0. The summed E-state index contributed by atoms with van der Waals surface area (Å²) in [5.74, 6) is -1.01. The Morgan fingerprint density at radius 1 is 1.00 bits per heavy atom. The highest BCUT2D eigenvalue weighted by Gasteiger charge is 2.21. The molecule has 1 unspecified atom stereocenters. The van der Waals surface area contributed by atoms with Crippen LogP contribution in [0.15, 0.2) is 72.1 Å². The molecule has 5 nitrogen and oxygen atoms in total. The van der Waals surface area contributed by atoms with Crippen molar-refractivity contribution in [3.63, 3.8) is 0 Å². The molecule has 0 aliphatic carbocycles. The van der Waals surface area contributed by atoms with Gasteiger partial charge < -0.3 is 10.1 Å². The average Bonchev–Trinajstić information content (AvgIpc) is 3.25. The zero-order valence-corrected chi connectivity index (χ0v) is 17.4. The quantitative estimate of drug-likeness (QED) is 0.439. The van der Waals surface area contributed by atoms with E-state index in [0.29, 0.717) is 5.69 Å². The van der Waals surface area contributed by atoms with E-state index in [1.54, 1.807) is 12.3 Å². The summed E-state index contributed by atoms with van der Waals surface area (Å²) < 4.78 is 5.34. The van der Waals surface area contributed by atoms with Crippen LogP contribution in [0.5, 0.6) is 0 Å². The van der Waals surface area contributed by atoms with Crippen LogP contribution in [0, 0.1) is 6.92 Å². The Labute approximate surface area is 178 Å². The molecule has 0 spiro atoms. The SMILES string of the molecule is Cc1ccc(-c2nc(C(=O)OC(C)C(=O)Nc3cccc4ccccc34)cs2)cc1. The van der Waals surface area contributed by atoms with Gasteiger partial charge in [-0.15, -0.1) is 11.3 Å². The minimum atomic E-state index is -0.957. The van der Waals surface area contributed by atoms with E-state index in [4.69, 9.17) is 4.74 Å². The molecule has 4 aromatic rings. The molecule has 0 fully saturated rings. The predicted molar refractivity (Wildman–Crippen MR) is 120 cm³/mol. The number of aromatic nitrogens is 1. The molecule has 3 aromatic carbocycles. The molecule has 6 heteroatoms. The minimum Gasteiger partial charge on any atom is -0.448 e. The Morgan fingerprint density at radius 2 is 1.73 bits per heavy atom. The van der Waals surface area contributed by atoms with E-state index in [1.807, 2.05) is 73.7 Å². The van der Waals surface area contributed by atoms with Gasteiger partial charge in [-0.05, 0) is 25.3 Å². The van der Waals surface area contributed by atoms with Crippen molar-refractivity contribution >= 4 is 39.7 Å². The third kappa shape index (κ3) is 4.23. The van der Waals surface area contributed by atoms with Crippen molar-refractivity contribution in [1.29, 1.82) is 0 Å².